The van der Waals surface area contributed by atoms with E-state index in [2.05, 4.69) is 37.0 Å². The van der Waals surface area contributed by atoms with Crippen molar-refractivity contribution in [2.24, 2.45) is 0 Å². The van der Waals surface area contributed by atoms with Gasteiger partial charge in [0.25, 0.3) is 0 Å². The molecule has 0 amide bonds. The van der Waals surface area contributed by atoms with Crippen LogP contribution in [0.15, 0.2) is 36.4 Å². The number of imidazole rings is 1. The SMILES string of the molecule is COc1ccc2nc(N)n(-c3ccc(C)cc3C)c2c1. The lowest BCUT2D eigenvalue weighted by molar-refractivity contribution is 0.415. The third-order valence-electron chi connectivity index (χ3n) is 3.48. The summed E-state index contributed by atoms with van der Waals surface area (Å²) in [6.07, 6.45) is 0. The van der Waals surface area contributed by atoms with E-state index in [9.17, 15) is 0 Å². The number of methoxy groups -OCH3 is 1. The second-order valence-corrected chi connectivity index (χ2v) is 4.95. The highest BCUT2D eigenvalue weighted by Gasteiger charge is 2.12. The van der Waals surface area contributed by atoms with Crippen LogP contribution >= 0.6 is 0 Å². The topological polar surface area (TPSA) is 53.1 Å². The summed E-state index contributed by atoms with van der Waals surface area (Å²) in [6.45, 7) is 4.16. The first kappa shape index (κ1) is 12.5. The van der Waals surface area contributed by atoms with Gasteiger partial charge in [0.05, 0.1) is 23.8 Å². The molecule has 2 N–H and O–H groups in total. The number of fused-ring (bicyclic) bond motifs is 1. The number of nitrogens with zero attached hydrogens (tertiary/aromatic N) is 2. The van der Waals surface area contributed by atoms with Gasteiger partial charge in [-0.1, -0.05) is 17.7 Å². The van der Waals surface area contributed by atoms with Crippen LogP contribution in [0.2, 0.25) is 0 Å². The molecule has 3 rings (SSSR count). The van der Waals surface area contributed by atoms with Crippen molar-refractivity contribution in [1.82, 2.24) is 9.55 Å². The molecule has 0 aliphatic carbocycles. The lowest BCUT2D eigenvalue weighted by Crippen LogP contribution is -2.02. The van der Waals surface area contributed by atoms with Crippen molar-refractivity contribution in [1.29, 1.82) is 0 Å². The Morgan fingerprint density at radius 2 is 1.90 bits per heavy atom. The molecule has 1 aromatic heterocycles. The quantitative estimate of drug-likeness (QED) is 0.775. The Hall–Kier alpha value is -2.49. The van der Waals surface area contributed by atoms with Crippen LogP contribution in [0.1, 0.15) is 11.1 Å². The predicted octanol–water partition coefficient (Wildman–Crippen LogP) is 3.23. The van der Waals surface area contributed by atoms with Crippen LogP contribution < -0.4 is 10.5 Å². The van der Waals surface area contributed by atoms with Gasteiger partial charge in [0, 0.05) is 6.07 Å². The van der Waals surface area contributed by atoms with Crippen molar-refractivity contribution in [3.05, 3.63) is 47.5 Å². The summed E-state index contributed by atoms with van der Waals surface area (Å²) in [7, 11) is 1.66. The van der Waals surface area contributed by atoms with Crippen molar-refractivity contribution >= 4 is 17.0 Å². The summed E-state index contributed by atoms with van der Waals surface area (Å²) in [5, 5.41) is 0. The molecule has 0 radical (unpaired) electrons. The Labute approximate surface area is 117 Å². The molecular weight excluding hydrogens is 250 g/mol. The highest BCUT2D eigenvalue weighted by atomic mass is 16.5. The first-order valence-electron chi connectivity index (χ1n) is 6.50. The van der Waals surface area contributed by atoms with Crippen LogP contribution in [0.3, 0.4) is 0 Å². The fraction of sp³-hybridized carbons (Fsp3) is 0.188. The number of nitrogens with two attached hydrogens (primary N) is 1. The number of nitrogen functional groups attached to an aromatic ring is 1. The second-order valence-electron chi connectivity index (χ2n) is 4.95. The second kappa shape index (κ2) is 4.56. The summed E-state index contributed by atoms with van der Waals surface area (Å²) >= 11 is 0. The largest absolute Gasteiger partial charge is 0.497 e. The average molecular weight is 267 g/mol. The van der Waals surface area contributed by atoms with Gasteiger partial charge in [-0.3, -0.25) is 4.57 Å². The highest BCUT2D eigenvalue weighted by molar-refractivity contribution is 5.82. The van der Waals surface area contributed by atoms with Gasteiger partial charge >= 0.3 is 0 Å². The fourth-order valence-electron chi connectivity index (χ4n) is 2.51. The molecule has 2 aromatic carbocycles. The van der Waals surface area contributed by atoms with E-state index in [4.69, 9.17) is 10.5 Å². The van der Waals surface area contributed by atoms with Gasteiger partial charge in [0.1, 0.15) is 5.75 Å². The summed E-state index contributed by atoms with van der Waals surface area (Å²) in [4.78, 5) is 4.41. The molecule has 0 bridgehead atoms. The Balaban J connectivity index is 2.31. The number of benzene rings is 2. The van der Waals surface area contributed by atoms with Gasteiger partial charge in [-0.2, -0.15) is 0 Å². The Morgan fingerprint density at radius 3 is 2.60 bits per heavy atom. The maximum Gasteiger partial charge on any atom is 0.205 e. The molecule has 1 heterocycles. The molecule has 4 heteroatoms. The highest BCUT2D eigenvalue weighted by Crippen LogP contribution is 2.28. The first-order valence-corrected chi connectivity index (χ1v) is 6.50. The number of anilines is 1. The Bertz CT molecular complexity index is 790. The fourth-order valence-corrected chi connectivity index (χ4v) is 2.51. The van der Waals surface area contributed by atoms with Crippen LogP contribution in [0.4, 0.5) is 5.95 Å². The van der Waals surface area contributed by atoms with E-state index in [1.807, 2.05) is 22.8 Å². The van der Waals surface area contributed by atoms with Crippen LogP contribution in [0.25, 0.3) is 16.7 Å². The number of ether oxygens (including phenoxy) is 1. The maximum absolute atomic E-state index is 6.09. The number of rotatable bonds is 2. The van der Waals surface area contributed by atoms with Gasteiger partial charge in [0.2, 0.25) is 5.95 Å². The van der Waals surface area contributed by atoms with Gasteiger partial charge in [-0.05, 0) is 37.6 Å². The standard InChI is InChI=1S/C16H17N3O/c1-10-4-7-14(11(2)8-10)19-15-9-12(20-3)5-6-13(15)18-16(19)17/h4-9H,1-3H3,(H2,17,18). The molecule has 0 aliphatic rings. The van der Waals surface area contributed by atoms with E-state index in [0.717, 1.165) is 22.5 Å². The number of hydrogen-bond acceptors (Lipinski definition) is 3. The number of hydrogen-bond donors (Lipinski definition) is 1. The van der Waals surface area contributed by atoms with Crippen molar-refractivity contribution in [2.75, 3.05) is 12.8 Å². The third kappa shape index (κ3) is 1.90. The molecule has 0 spiro atoms. The summed E-state index contributed by atoms with van der Waals surface area (Å²) < 4.78 is 7.25. The third-order valence-corrected chi connectivity index (χ3v) is 3.48. The number of aromatic nitrogens is 2. The molecule has 102 valence electrons. The molecule has 20 heavy (non-hydrogen) atoms. The van der Waals surface area contributed by atoms with E-state index < -0.39 is 0 Å². The molecule has 0 saturated heterocycles. The van der Waals surface area contributed by atoms with E-state index in [1.54, 1.807) is 7.11 Å². The minimum atomic E-state index is 0.486. The maximum atomic E-state index is 6.09. The zero-order valence-corrected chi connectivity index (χ0v) is 11.8. The molecule has 0 unspecified atom stereocenters. The monoisotopic (exact) mass is 267 g/mol. The van der Waals surface area contributed by atoms with Crippen LogP contribution in [-0.2, 0) is 0 Å². The Kier molecular flexibility index (Phi) is 2.86. The van der Waals surface area contributed by atoms with Crippen molar-refractivity contribution < 1.29 is 4.74 Å². The van der Waals surface area contributed by atoms with Gasteiger partial charge in [-0.25, -0.2) is 4.98 Å². The van der Waals surface area contributed by atoms with E-state index >= 15 is 0 Å². The van der Waals surface area contributed by atoms with Crippen LogP contribution in [0.5, 0.6) is 5.75 Å². The molecule has 0 aliphatic heterocycles. The van der Waals surface area contributed by atoms with Crippen LogP contribution in [0, 0.1) is 13.8 Å². The minimum Gasteiger partial charge on any atom is -0.497 e. The lowest BCUT2D eigenvalue weighted by Gasteiger charge is -2.11. The predicted molar refractivity (Wildman–Crippen MR) is 81.5 cm³/mol. The van der Waals surface area contributed by atoms with Gasteiger partial charge in [0.15, 0.2) is 0 Å². The van der Waals surface area contributed by atoms with Crippen molar-refractivity contribution in [3.63, 3.8) is 0 Å². The minimum absolute atomic E-state index is 0.486. The van der Waals surface area contributed by atoms with E-state index in [1.165, 1.54) is 11.1 Å². The molecule has 0 fully saturated rings. The lowest BCUT2D eigenvalue weighted by atomic mass is 10.1. The Morgan fingerprint density at radius 1 is 1.10 bits per heavy atom. The van der Waals surface area contributed by atoms with E-state index in [-0.39, 0.29) is 0 Å². The molecular formula is C16H17N3O. The van der Waals surface area contributed by atoms with Gasteiger partial charge in [-0.15, -0.1) is 0 Å². The number of aryl methyl sites for hydroxylation is 2. The van der Waals surface area contributed by atoms with Crippen LogP contribution in [-0.4, -0.2) is 16.7 Å². The molecule has 3 aromatic rings. The van der Waals surface area contributed by atoms with Crippen molar-refractivity contribution in [2.45, 2.75) is 13.8 Å². The normalized spacial score (nSPS) is 10.9. The first-order chi connectivity index (χ1) is 9.60. The molecule has 4 nitrogen and oxygen atoms in total. The van der Waals surface area contributed by atoms with Gasteiger partial charge < -0.3 is 10.5 Å². The van der Waals surface area contributed by atoms with E-state index in [0.29, 0.717) is 5.95 Å². The average Bonchev–Trinajstić information content (AvgIpc) is 2.74. The summed E-state index contributed by atoms with van der Waals surface area (Å²) in [5.41, 5.74) is 11.4. The smallest absolute Gasteiger partial charge is 0.205 e. The molecule has 0 atom stereocenters. The molecule has 0 saturated carbocycles. The zero-order valence-electron chi connectivity index (χ0n) is 11.8. The van der Waals surface area contributed by atoms with Crippen molar-refractivity contribution in [3.8, 4) is 11.4 Å². The zero-order chi connectivity index (χ0) is 14.3. The summed E-state index contributed by atoms with van der Waals surface area (Å²) in [5.74, 6) is 1.28. The summed E-state index contributed by atoms with van der Waals surface area (Å²) in [6, 6.07) is 12.1.